The van der Waals surface area contributed by atoms with Gasteiger partial charge in [-0.2, -0.15) is 0 Å². The summed E-state index contributed by atoms with van der Waals surface area (Å²) in [6, 6.07) is 13.7. The summed E-state index contributed by atoms with van der Waals surface area (Å²) in [5.74, 6) is -0.837. The van der Waals surface area contributed by atoms with Gasteiger partial charge in [-0.3, -0.25) is 9.59 Å². The molecule has 1 aromatic heterocycles. The molecule has 0 bridgehead atoms. The Balaban J connectivity index is 1.71. The molecular weight excluding hydrogens is 368 g/mol. The van der Waals surface area contributed by atoms with Crippen molar-refractivity contribution >= 4 is 40.1 Å². The van der Waals surface area contributed by atoms with Gasteiger partial charge in [0, 0.05) is 17.5 Å². The quantitative estimate of drug-likeness (QED) is 0.658. The van der Waals surface area contributed by atoms with Crippen molar-refractivity contribution in [3.63, 3.8) is 0 Å². The second kappa shape index (κ2) is 8.05. The monoisotopic (exact) mass is 384 g/mol. The molecule has 1 amide bonds. The lowest BCUT2D eigenvalue weighted by Gasteiger charge is -2.09. The first kappa shape index (κ1) is 18.7. The van der Waals surface area contributed by atoms with E-state index in [2.05, 4.69) is 15.0 Å². The zero-order chi connectivity index (χ0) is 19.4. The number of carbonyl (C=O) groups is 2. The molecule has 0 aliphatic carbocycles. The minimum absolute atomic E-state index is 0.0974. The van der Waals surface area contributed by atoms with Crippen LogP contribution in [0.3, 0.4) is 0 Å². The van der Waals surface area contributed by atoms with Crippen LogP contribution in [0.5, 0.6) is 0 Å². The van der Waals surface area contributed by atoms with E-state index >= 15 is 0 Å². The molecule has 0 radical (unpaired) electrons. The molecule has 0 aliphatic rings. The Morgan fingerprint density at radius 1 is 1.15 bits per heavy atom. The van der Waals surface area contributed by atoms with Crippen molar-refractivity contribution < 1.29 is 14.3 Å². The molecule has 2 aromatic carbocycles. The van der Waals surface area contributed by atoms with Gasteiger partial charge in [0.1, 0.15) is 0 Å². The van der Waals surface area contributed by atoms with Crippen LogP contribution in [0.25, 0.3) is 10.9 Å². The van der Waals surface area contributed by atoms with Gasteiger partial charge in [-0.1, -0.05) is 29.8 Å². The number of methoxy groups -OCH3 is 1. The fraction of sp³-hybridized carbons (Fsp3) is 0.150. The summed E-state index contributed by atoms with van der Waals surface area (Å²) < 4.78 is 4.66. The number of esters is 1. The number of amides is 1. The highest BCUT2D eigenvalue weighted by atomic mass is 35.5. The van der Waals surface area contributed by atoms with Crippen LogP contribution in [0, 0.1) is 0 Å². The summed E-state index contributed by atoms with van der Waals surface area (Å²) >= 11 is 6.07. The maximum Gasteiger partial charge on any atom is 0.337 e. The van der Waals surface area contributed by atoms with Crippen LogP contribution in [0.1, 0.15) is 22.3 Å². The lowest BCUT2D eigenvalue weighted by atomic mass is 10.1. The van der Waals surface area contributed by atoms with Crippen molar-refractivity contribution in [3.05, 3.63) is 75.0 Å². The highest BCUT2D eigenvalue weighted by Crippen LogP contribution is 2.23. The first-order valence-electron chi connectivity index (χ1n) is 8.26. The van der Waals surface area contributed by atoms with E-state index in [9.17, 15) is 14.4 Å². The summed E-state index contributed by atoms with van der Waals surface area (Å²) in [5.41, 5.74) is 1.66. The molecule has 3 rings (SSSR count). The Morgan fingerprint density at radius 2 is 1.93 bits per heavy atom. The smallest absolute Gasteiger partial charge is 0.337 e. The number of halogens is 1. The van der Waals surface area contributed by atoms with Gasteiger partial charge in [-0.05, 0) is 42.1 Å². The van der Waals surface area contributed by atoms with Crippen molar-refractivity contribution in [2.24, 2.45) is 0 Å². The normalized spacial score (nSPS) is 10.6. The number of aromatic nitrogens is 1. The van der Waals surface area contributed by atoms with Gasteiger partial charge in [-0.25, -0.2) is 4.79 Å². The zero-order valence-corrected chi connectivity index (χ0v) is 15.3. The summed E-state index contributed by atoms with van der Waals surface area (Å²) in [7, 11) is 1.27. The van der Waals surface area contributed by atoms with Crippen LogP contribution in [0.2, 0.25) is 5.02 Å². The molecule has 0 spiro atoms. The molecule has 0 aliphatic heterocycles. The van der Waals surface area contributed by atoms with Gasteiger partial charge in [0.2, 0.25) is 5.91 Å². The van der Waals surface area contributed by atoms with Crippen LogP contribution >= 0.6 is 11.6 Å². The van der Waals surface area contributed by atoms with E-state index in [4.69, 9.17) is 11.6 Å². The number of anilines is 1. The second-order valence-corrected chi connectivity index (χ2v) is 6.35. The van der Waals surface area contributed by atoms with E-state index in [1.807, 2.05) is 24.3 Å². The fourth-order valence-electron chi connectivity index (χ4n) is 2.71. The molecule has 0 fully saturated rings. The van der Waals surface area contributed by atoms with E-state index in [1.54, 1.807) is 6.07 Å². The first-order valence-corrected chi connectivity index (χ1v) is 8.64. The van der Waals surface area contributed by atoms with Gasteiger partial charge >= 0.3 is 5.97 Å². The molecule has 0 saturated heterocycles. The van der Waals surface area contributed by atoms with Gasteiger partial charge in [0.25, 0.3) is 5.56 Å². The number of benzene rings is 2. The number of pyridine rings is 1. The number of hydrogen-bond acceptors (Lipinski definition) is 4. The number of para-hydroxylation sites is 1. The molecule has 2 N–H and O–H groups in total. The van der Waals surface area contributed by atoms with Gasteiger partial charge < -0.3 is 15.0 Å². The van der Waals surface area contributed by atoms with E-state index < -0.39 is 5.97 Å². The maximum atomic E-state index is 12.3. The number of H-pyrrole nitrogens is 1. The average Bonchev–Trinajstić information content (AvgIpc) is 2.67. The third-order valence-electron chi connectivity index (χ3n) is 4.11. The van der Waals surface area contributed by atoms with Crippen molar-refractivity contribution in [3.8, 4) is 0 Å². The van der Waals surface area contributed by atoms with Gasteiger partial charge in [0.15, 0.2) is 0 Å². The maximum absolute atomic E-state index is 12.3. The Morgan fingerprint density at radius 3 is 2.70 bits per heavy atom. The molecule has 3 aromatic rings. The standard InChI is InChI=1S/C20H17ClN2O4/c1-27-20(26)14-6-8-15(21)17(11-14)22-18(24)9-7-13-10-12-4-2-3-5-16(12)23-19(13)25/h2-6,8,10-11H,7,9H2,1H3,(H,22,24)(H,23,25). The van der Waals surface area contributed by atoms with Gasteiger partial charge in [0.05, 0.1) is 23.4 Å². The number of ether oxygens (including phenoxy) is 1. The van der Waals surface area contributed by atoms with Crippen LogP contribution in [0.15, 0.2) is 53.3 Å². The number of aromatic amines is 1. The third kappa shape index (κ3) is 4.35. The Bertz CT molecular complexity index is 1080. The molecule has 138 valence electrons. The minimum Gasteiger partial charge on any atom is -0.465 e. The molecule has 27 heavy (non-hydrogen) atoms. The van der Waals surface area contributed by atoms with Crippen molar-refractivity contribution in [2.45, 2.75) is 12.8 Å². The molecule has 0 unspecified atom stereocenters. The number of fused-ring (bicyclic) bond motifs is 1. The van der Waals surface area contributed by atoms with Crippen LogP contribution < -0.4 is 10.9 Å². The number of carbonyl (C=O) groups excluding carboxylic acids is 2. The highest BCUT2D eigenvalue weighted by Gasteiger charge is 2.12. The Kier molecular flexibility index (Phi) is 5.57. The van der Waals surface area contributed by atoms with Crippen LogP contribution in [0.4, 0.5) is 5.69 Å². The summed E-state index contributed by atoms with van der Waals surface area (Å²) in [4.78, 5) is 38.8. The number of hydrogen-bond donors (Lipinski definition) is 2. The Labute approximate surface area is 160 Å². The second-order valence-electron chi connectivity index (χ2n) is 5.95. The predicted molar refractivity (Wildman–Crippen MR) is 104 cm³/mol. The third-order valence-corrected chi connectivity index (χ3v) is 4.44. The average molecular weight is 385 g/mol. The lowest BCUT2D eigenvalue weighted by Crippen LogP contribution is -2.17. The number of nitrogens with one attached hydrogen (secondary N) is 2. The van der Waals surface area contributed by atoms with E-state index in [0.29, 0.717) is 16.3 Å². The molecule has 7 heteroatoms. The zero-order valence-electron chi connectivity index (χ0n) is 14.5. The SMILES string of the molecule is COC(=O)c1ccc(Cl)c(NC(=O)CCc2cc3ccccc3[nH]c2=O)c1. The summed E-state index contributed by atoms with van der Waals surface area (Å²) in [5, 5.41) is 3.87. The number of rotatable bonds is 5. The lowest BCUT2D eigenvalue weighted by molar-refractivity contribution is -0.116. The van der Waals surface area contributed by atoms with E-state index in [1.165, 1.54) is 25.3 Å². The number of aryl methyl sites for hydroxylation is 1. The first-order chi connectivity index (χ1) is 13.0. The minimum atomic E-state index is -0.523. The highest BCUT2D eigenvalue weighted by molar-refractivity contribution is 6.33. The Hall–Kier alpha value is -3.12. The van der Waals surface area contributed by atoms with Crippen molar-refractivity contribution in [1.29, 1.82) is 0 Å². The molecule has 1 heterocycles. The van der Waals surface area contributed by atoms with Crippen LogP contribution in [-0.4, -0.2) is 24.0 Å². The molecule has 0 saturated carbocycles. The van der Waals surface area contributed by atoms with E-state index in [-0.39, 0.29) is 29.9 Å². The van der Waals surface area contributed by atoms with Gasteiger partial charge in [-0.15, -0.1) is 0 Å². The van der Waals surface area contributed by atoms with Crippen molar-refractivity contribution in [1.82, 2.24) is 4.98 Å². The fourth-order valence-corrected chi connectivity index (χ4v) is 2.87. The topological polar surface area (TPSA) is 88.3 Å². The summed E-state index contributed by atoms with van der Waals surface area (Å²) in [6.45, 7) is 0. The van der Waals surface area contributed by atoms with Crippen molar-refractivity contribution in [2.75, 3.05) is 12.4 Å². The van der Waals surface area contributed by atoms with Crippen LogP contribution in [-0.2, 0) is 16.0 Å². The predicted octanol–water partition coefficient (Wildman–Crippen LogP) is 3.54. The van der Waals surface area contributed by atoms with E-state index in [0.717, 1.165) is 10.9 Å². The summed E-state index contributed by atoms with van der Waals surface area (Å²) in [6.07, 6.45) is 0.376. The molecular formula is C20H17ClN2O4. The largest absolute Gasteiger partial charge is 0.465 e. The molecule has 0 atom stereocenters. The molecule has 6 nitrogen and oxygen atoms in total.